The Kier molecular flexibility index (Phi) is 6.38. The van der Waals surface area contributed by atoms with Gasteiger partial charge in [0.2, 0.25) is 0 Å². The highest BCUT2D eigenvalue weighted by Crippen LogP contribution is 2.21. The van der Waals surface area contributed by atoms with Crippen molar-refractivity contribution in [1.29, 1.82) is 0 Å². The molecule has 4 nitrogen and oxygen atoms in total. The summed E-state index contributed by atoms with van der Waals surface area (Å²) >= 11 is 5.81. The van der Waals surface area contributed by atoms with Crippen molar-refractivity contribution in [2.45, 2.75) is 32.3 Å². The molecule has 0 radical (unpaired) electrons. The van der Waals surface area contributed by atoms with Gasteiger partial charge in [-0.05, 0) is 43.2 Å². The topological polar surface area (TPSA) is 55.4 Å². The summed E-state index contributed by atoms with van der Waals surface area (Å²) in [5, 5.41) is 3.28. The zero-order valence-electron chi connectivity index (χ0n) is 13.7. The molecular formula is C19H20ClNO3. The van der Waals surface area contributed by atoms with Crippen LogP contribution in [0, 0.1) is 0 Å². The van der Waals surface area contributed by atoms with E-state index < -0.39 is 12.1 Å². The molecule has 0 unspecified atom stereocenters. The van der Waals surface area contributed by atoms with E-state index in [1.165, 1.54) is 0 Å². The number of carbonyl (C=O) groups is 2. The van der Waals surface area contributed by atoms with E-state index in [1.54, 1.807) is 31.2 Å². The van der Waals surface area contributed by atoms with Crippen LogP contribution in [-0.4, -0.2) is 18.0 Å². The Morgan fingerprint density at radius 3 is 2.29 bits per heavy atom. The van der Waals surface area contributed by atoms with Crippen molar-refractivity contribution in [3.05, 3.63) is 65.2 Å². The lowest BCUT2D eigenvalue weighted by molar-refractivity contribution is -0.154. The molecule has 0 bridgehead atoms. The van der Waals surface area contributed by atoms with Crippen molar-refractivity contribution in [2.75, 3.05) is 5.32 Å². The fraction of sp³-hybridized carbons (Fsp3) is 0.263. The van der Waals surface area contributed by atoms with Crippen molar-refractivity contribution >= 4 is 29.2 Å². The molecule has 0 saturated carbocycles. The average molecular weight is 346 g/mol. The van der Waals surface area contributed by atoms with Crippen molar-refractivity contribution in [1.82, 2.24) is 0 Å². The number of rotatable bonds is 6. The normalized spacial score (nSPS) is 13.0. The summed E-state index contributed by atoms with van der Waals surface area (Å²) in [7, 11) is 0. The van der Waals surface area contributed by atoms with Gasteiger partial charge in [-0.1, -0.05) is 48.9 Å². The van der Waals surface area contributed by atoms with Crippen LogP contribution >= 0.6 is 11.6 Å². The first-order valence-electron chi connectivity index (χ1n) is 7.83. The average Bonchev–Trinajstić information content (AvgIpc) is 2.58. The Labute approximate surface area is 146 Å². The van der Waals surface area contributed by atoms with E-state index in [-0.39, 0.29) is 11.8 Å². The smallest absolute Gasteiger partial charge is 0.314 e. The third-order valence-corrected chi connectivity index (χ3v) is 3.92. The number of nitrogens with one attached hydrogen (secondary N) is 1. The minimum Gasteiger partial charge on any atom is -0.452 e. The zero-order valence-corrected chi connectivity index (χ0v) is 14.4. The van der Waals surface area contributed by atoms with Crippen molar-refractivity contribution in [3.63, 3.8) is 0 Å². The summed E-state index contributed by atoms with van der Waals surface area (Å²) in [6.07, 6.45) is -0.278. The number of ether oxygens (including phenoxy) is 1. The lowest BCUT2D eigenvalue weighted by Crippen LogP contribution is -2.31. The summed E-state index contributed by atoms with van der Waals surface area (Å²) in [5.41, 5.74) is 1.48. The third kappa shape index (κ3) is 4.83. The van der Waals surface area contributed by atoms with E-state index in [4.69, 9.17) is 16.3 Å². The molecule has 2 rings (SSSR count). The number of hydrogen-bond acceptors (Lipinski definition) is 3. The predicted octanol–water partition coefficient (Wildman–Crippen LogP) is 4.40. The van der Waals surface area contributed by atoms with Gasteiger partial charge < -0.3 is 10.1 Å². The highest BCUT2D eigenvalue weighted by atomic mass is 35.5. The Morgan fingerprint density at radius 1 is 1.08 bits per heavy atom. The molecule has 0 fully saturated rings. The Hall–Kier alpha value is -2.33. The molecule has 126 valence electrons. The van der Waals surface area contributed by atoms with Gasteiger partial charge in [-0.2, -0.15) is 0 Å². The van der Waals surface area contributed by atoms with Crippen LogP contribution in [0.15, 0.2) is 54.6 Å². The van der Waals surface area contributed by atoms with Gasteiger partial charge in [-0.25, -0.2) is 0 Å². The molecule has 2 atom stereocenters. The van der Waals surface area contributed by atoms with E-state index in [0.717, 1.165) is 5.56 Å². The van der Waals surface area contributed by atoms with Gasteiger partial charge in [0.25, 0.3) is 5.91 Å². The van der Waals surface area contributed by atoms with Gasteiger partial charge in [0.1, 0.15) is 0 Å². The van der Waals surface area contributed by atoms with Crippen LogP contribution in [0.1, 0.15) is 31.7 Å². The summed E-state index contributed by atoms with van der Waals surface area (Å²) in [4.78, 5) is 24.5. The van der Waals surface area contributed by atoms with Crippen molar-refractivity contribution < 1.29 is 14.3 Å². The maximum absolute atomic E-state index is 12.4. The van der Waals surface area contributed by atoms with Gasteiger partial charge in [0.05, 0.1) is 5.92 Å². The quantitative estimate of drug-likeness (QED) is 0.789. The molecule has 0 spiro atoms. The molecule has 0 aromatic heterocycles. The van der Waals surface area contributed by atoms with Crippen LogP contribution < -0.4 is 5.32 Å². The fourth-order valence-corrected chi connectivity index (χ4v) is 2.44. The molecule has 2 aromatic carbocycles. The Bertz CT molecular complexity index is 686. The second-order valence-electron chi connectivity index (χ2n) is 5.45. The van der Waals surface area contributed by atoms with Crippen LogP contribution in [0.2, 0.25) is 5.02 Å². The molecule has 0 aliphatic rings. The molecule has 1 amide bonds. The maximum atomic E-state index is 12.4. The largest absolute Gasteiger partial charge is 0.452 e. The minimum absolute atomic E-state index is 0.378. The van der Waals surface area contributed by atoms with Gasteiger partial charge >= 0.3 is 5.97 Å². The van der Waals surface area contributed by atoms with Crippen molar-refractivity contribution in [2.24, 2.45) is 0 Å². The molecule has 0 heterocycles. The maximum Gasteiger partial charge on any atom is 0.314 e. The standard InChI is InChI=1S/C19H20ClNO3/c1-3-17(14-7-5-4-6-8-14)19(23)24-13(2)18(22)21-16-11-9-15(20)10-12-16/h4-13,17H,3H2,1-2H3,(H,21,22)/t13-,17-/m1/s1. The number of amides is 1. The van der Waals surface area contributed by atoms with Crippen LogP contribution in [0.25, 0.3) is 0 Å². The molecular weight excluding hydrogens is 326 g/mol. The first-order chi connectivity index (χ1) is 11.5. The van der Waals surface area contributed by atoms with E-state index in [2.05, 4.69) is 5.32 Å². The molecule has 0 aliphatic heterocycles. The van der Waals surface area contributed by atoms with E-state index in [9.17, 15) is 9.59 Å². The first-order valence-corrected chi connectivity index (χ1v) is 8.21. The number of anilines is 1. The molecule has 1 N–H and O–H groups in total. The summed E-state index contributed by atoms with van der Waals surface area (Å²) < 4.78 is 5.34. The summed E-state index contributed by atoms with van der Waals surface area (Å²) in [6, 6.07) is 16.1. The van der Waals surface area contributed by atoms with Gasteiger partial charge in [-0.15, -0.1) is 0 Å². The highest BCUT2D eigenvalue weighted by Gasteiger charge is 2.25. The first kappa shape index (κ1) is 18.0. The lowest BCUT2D eigenvalue weighted by Gasteiger charge is -2.18. The molecule has 24 heavy (non-hydrogen) atoms. The van der Waals surface area contributed by atoms with Gasteiger partial charge in [-0.3, -0.25) is 9.59 Å². The van der Waals surface area contributed by atoms with Gasteiger partial charge in [0.15, 0.2) is 6.10 Å². The molecule has 2 aromatic rings. The van der Waals surface area contributed by atoms with Crippen LogP contribution in [0.4, 0.5) is 5.69 Å². The Balaban J connectivity index is 1.97. The van der Waals surface area contributed by atoms with E-state index in [1.807, 2.05) is 37.3 Å². The molecule has 0 saturated heterocycles. The van der Waals surface area contributed by atoms with Gasteiger partial charge in [0, 0.05) is 10.7 Å². The van der Waals surface area contributed by atoms with Crippen LogP contribution in [0.5, 0.6) is 0 Å². The predicted molar refractivity (Wildman–Crippen MR) is 95.1 cm³/mol. The third-order valence-electron chi connectivity index (χ3n) is 3.67. The highest BCUT2D eigenvalue weighted by molar-refractivity contribution is 6.30. The number of esters is 1. The minimum atomic E-state index is -0.883. The molecule has 0 aliphatic carbocycles. The molecule has 5 heteroatoms. The number of hydrogen-bond donors (Lipinski definition) is 1. The SMILES string of the molecule is CC[C@@H](C(=O)O[C@H](C)C(=O)Nc1ccc(Cl)cc1)c1ccccc1. The zero-order chi connectivity index (χ0) is 17.5. The second-order valence-corrected chi connectivity index (χ2v) is 5.88. The summed E-state index contributed by atoms with van der Waals surface area (Å²) in [6.45, 7) is 3.47. The fourth-order valence-electron chi connectivity index (χ4n) is 2.31. The number of benzene rings is 2. The number of halogens is 1. The van der Waals surface area contributed by atoms with E-state index >= 15 is 0 Å². The Morgan fingerprint density at radius 2 is 1.71 bits per heavy atom. The van der Waals surface area contributed by atoms with Crippen molar-refractivity contribution in [3.8, 4) is 0 Å². The van der Waals surface area contributed by atoms with Crippen LogP contribution in [-0.2, 0) is 14.3 Å². The second kappa shape index (κ2) is 8.50. The lowest BCUT2D eigenvalue weighted by atomic mass is 9.97. The summed E-state index contributed by atoms with van der Waals surface area (Å²) in [5.74, 6) is -1.16. The number of carbonyl (C=O) groups excluding carboxylic acids is 2. The monoisotopic (exact) mass is 345 g/mol. The van der Waals surface area contributed by atoms with Crippen LogP contribution in [0.3, 0.4) is 0 Å². The van der Waals surface area contributed by atoms with E-state index in [0.29, 0.717) is 17.1 Å².